The molecule has 7 heteroatoms. The molecular formula is C9H10N4O2S. The lowest BCUT2D eigenvalue weighted by Crippen LogP contribution is -2.36. The SMILES string of the molecule is Cc1csc2c(=O)n(CC(=O)NN)cnc12. The number of amides is 1. The Labute approximate surface area is 94.7 Å². The number of aromatic nitrogens is 2. The van der Waals surface area contributed by atoms with Gasteiger partial charge in [0.25, 0.3) is 11.5 Å². The topological polar surface area (TPSA) is 90.0 Å². The Hall–Kier alpha value is -1.73. The van der Waals surface area contributed by atoms with Gasteiger partial charge in [0.1, 0.15) is 11.2 Å². The van der Waals surface area contributed by atoms with Gasteiger partial charge in [-0.25, -0.2) is 10.8 Å². The van der Waals surface area contributed by atoms with Crippen molar-refractivity contribution in [1.29, 1.82) is 0 Å². The van der Waals surface area contributed by atoms with Gasteiger partial charge < -0.3 is 0 Å². The number of hydrogen-bond donors (Lipinski definition) is 2. The van der Waals surface area contributed by atoms with Crippen LogP contribution in [0.2, 0.25) is 0 Å². The second-order valence-electron chi connectivity index (χ2n) is 3.34. The molecule has 16 heavy (non-hydrogen) atoms. The highest BCUT2D eigenvalue weighted by Crippen LogP contribution is 2.19. The van der Waals surface area contributed by atoms with E-state index in [0.29, 0.717) is 10.2 Å². The average molecular weight is 238 g/mol. The fourth-order valence-electron chi connectivity index (χ4n) is 1.37. The number of carbonyl (C=O) groups excluding carboxylic acids is 1. The first-order valence-electron chi connectivity index (χ1n) is 4.56. The van der Waals surface area contributed by atoms with Gasteiger partial charge in [-0.1, -0.05) is 0 Å². The molecule has 0 aromatic carbocycles. The second kappa shape index (κ2) is 4.03. The molecule has 3 N–H and O–H groups in total. The summed E-state index contributed by atoms with van der Waals surface area (Å²) in [5.41, 5.74) is 3.41. The molecule has 0 saturated heterocycles. The summed E-state index contributed by atoms with van der Waals surface area (Å²) in [5.74, 6) is 4.52. The number of nitrogens with zero attached hydrogens (tertiary/aromatic N) is 2. The Bertz CT molecular complexity index is 601. The van der Waals surface area contributed by atoms with Crippen LogP contribution < -0.4 is 16.8 Å². The molecular weight excluding hydrogens is 228 g/mol. The van der Waals surface area contributed by atoms with Gasteiger partial charge in [-0.15, -0.1) is 11.3 Å². The summed E-state index contributed by atoms with van der Waals surface area (Å²) >= 11 is 1.33. The van der Waals surface area contributed by atoms with Crippen molar-refractivity contribution < 1.29 is 4.79 Å². The summed E-state index contributed by atoms with van der Waals surface area (Å²) in [4.78, 5) is 27.1. The van der Waals surface area contributed by atoms with Crippen LogP contribution in [0.15, 0.2) is 16.5 Å². The fourth-order valence-corrected chi connectivity index (χ4v) is 2.32. The standard InChI is InChI=1S/C9H10N4O2S/c1-5-3-16-8-7(5)11-4-13(9(8)15)2-6(14)12-10/h3-4H,2,10H2,1H3,(H,12,14). The number of carbonyl (C=O) groups is 1. The van der Waals surface area contributed by atoms with Crippen LogP contribution in [0.25, 0.3) is 10.2 Å². The molecule has 2 rings (SSSR count). The van der Waals surface area contributed by atoms with Gasteiger partial charge in [0.15, 0.2) is 0 Å². The quantitative estimate of drug-likeness (QED) is 0.429. The number of hydrogen-bond acceptors (Lipinski definition) is 5. The number of fused-ring (bicyclic) bond motifs is 1. The Morgan fingerprint density at radius 2 is 2.44 bits per heavy atom. The summed E-state index contributed by atoms with van der Waals surface area (Å²) in [5, 5.41) is 1.87. The largest absolute Gasteiger partial charge is 0.293 e. The van der Waals surface area contributed by atoms with Crippen molar-refractivity contribution in [3.05, 3.63) is 27.6 Å². The van der Waals surface area contributed by atoms with Crippen LogP contribution in [-0.2, 0) is 11.3 Å². The molecule has 2 aromatic rings. The van der Waals surface area contributed by atoms with Crippen molar-refractivity contribution in [2.45, 2.75) is 13.5 Å². The summed E-state index contributed by atoms with van der Waals surface area (Å²) in [6, 6.07) is 0. The van der Waals surface area contributed by atoms with E-state index in [9.17, 15) is 9.59 Å². The molecule has 0 spiro atoms. The number of nitrogens with two attached hydrogens (primary N) is 1. The minimum Gasteiger partial charge on any atom is -0.293 e. The lowest BCUT2D eigenvalue weighted by Gasteiger charge is -2.03. The maximum atomic E-state index is 11.9. The molecule has 6 nitrogen and oxygen atoms in total. The molecule has 0 aliphatic carbocycles. The van der Waals surface area contributed by atoms with E-state index in [0.717, 1.165) is 5.56 Å². The molecule has 0 radical (unpaired) electrons. The van der Waals surface area contributed by atoms with Crippen molar-refractivity contribution in [3.8, 4) is 0 Å². The fraction of sp³-hybridized carbons (Fsp3) is 0.222. The van der Waals surface area contributed by atoms with Crippen LogP contribution in [-0.4, -0.2) is 15.5 Å². The van der Waals surface area contributed by atoms with Gasteiger partial charge >= 0.3 is 0 Å². The third kappa shape index (κ3) is 1.70. The number of nitrogens with one attached hydrogen (secondary N) is 1. The summed E-state index contributed by atoms with van der Waals surface area (Å²) in [6.45, 7) is 1.78. The molecule has 0 bridgehead atoms. The van der Waals surface area contributed by atoms with E-state index >= 15 is 0 Å². The Morgan fingerprint density at radius 3 is 3.12 bits per heavy atom. The highest BCUT2D eigenvalue weighted by atomic mass is 32.1. The zero-order valence-electron chi connectivity index (χ0n) is 8.56. The lowest BCUT2D eigenvalue weighted by molar-refractivity contribution is -0.121. The molecule has 2 heterocycles. The highest BCUT2D eigenvalue weighted by molar-refractivity contribution is 7.17. The van der Waals surface area contributed by atoms with Gasteiger partial charge in [-0.3, -0.25) is 19.6 Å². The lowest BCUT2D eigenvalue weighted by atomic mass is 10.3. The third-order valence-corrected chi connectivity index (χ3v) is 3.27. The van der Waals surface area contributed by atoms with Crippen molar-refractivity contribution >= 4 is 27.5 Å². The second-order valence-corrected chi connectivity index (χ2v) is 4.22. The predicted octanol–water partition coefficient (Wildman–Crippen LogP) is -0.244. The van der Waals surface area contributed by atoms with Crippen LogP contribution >= 0.6 is 11.3 Å². The van der Waals surface area contributed by atoms with Crippen LogP contribution in [0.4, 0.5) is 0 Å². The van der Waals surface area contributed by atoms with E-state index in [1.807, 2.05) is 17.7 Å². The minimum atomic E-state index is -0.434. The van der Waals surface area contributed by atoms with Crippen LogP contribution in [0.3, 0.4) is 0 Å². The predicted molar refractivity (Wildman–Crippen MR) is 60.9 cm³/mol. The Morgan fingerprint density at radius 1 is 1.69 bits per heavy atom. The summed E-state index contributed by atoms with van der Waals surface area (Å²) in [7, 11) is 0. The number of aryl methyl sites for hydroxylation is 1. The van der Waals surface area contributed by atoms with E-state index in [-0.39, 0.29) is 12.1 Å². The van der Waals surface area contributed by atoms with E-state index in [4.69, 9.17) is 5.84 Å². The average Bonchev–Trinajstić information content (AvgIpc) is 2.65. The van der Waals surface area contributed by atoms with Gasteiger partial charge in [-0.05, 0) is 17.9 Å². The number of hydrazine groups is 1. The monoisotopic (exact) mass is 238 g/mol. The molecule has 0 aliphatic heterocycles. The van der Waals surface area contributed by atoms with Crippen molar-refractivity contribution in [2.75, 3.05) is 0 Å². The van der Waals surface area contributed by atoms with E-state index < -0.39 is 5.91 Å². The smallest absolute Gasteiger partial charge is 0.271 e. The van der Waals surface area contributed by atoms with Crippen LogP contribution in [0.5, 0.6) is 0 Å². The molecule has 0 saturated carbocycles. The molecule has 1 amide bonds. The maximum Gasteiger partial charge on any atom is 0.271 e. The van der Waals surface area contributed by atoms with E-state index in [1.165, 1.54) is 22.2 Å². The Kier molecular flexibility index (Phi) is 2.71. The zero-order valence-corrected chi connectivity index (χ0v) is 9.37. The van der Waals surface area contributed by atoms with Gasteiger partial charge in [0.05, 0.1) is 11.8 Å². The van der Waals surface area contributed by atoms with Crippen molar-refractivity contribution in [1.82, 2.24) is 15.0 Å². The van der Waals surface area contributed by atoms with Gasteiger partial charge in [-0.2, -0.15) is 0 Å². The molecule has 0 aliphatic rings. The zero-order chi connectivity index (χ0) is 11.7. The van der Waals surface area contributed by atoms with Crippen LogP contribution in [0.1, 0.15) is 5.56 Å². The normalized spacial score (nSPS) is 10.6. The van der Waals surface area contributed by atoms with E-state index in [2.05, 4.69) is 4.98 Å². The summed E-state index contributed by atoms with van der Waals surface area (Å²) < 4.78 is 1.80. The van der Waals surface area contributed by atoms with Crippen LogP contribution in [0, 0.1) is 6.92 Å². The van der Waals surface area contributed by atoms with Crippen molar-refractivity contribution in [2.24, 2.45) is 5.84 Å². The molecule has 0 unspecified atom stereocenters. The molecule has 0 atom stereocenters. The highest BCUT2D eigenvalue weighted by Gasteiger charge is 2.09. The number of thiophene rings is 1. The van der Waals surface area contributed by atoms with Gasteiger partial charge in [0.2, 0.25) is 0 Å². The van der Waals surface area contributed by atoms with E-state index in [1.54, 1.807) is 0 Å². The summed E-state index contributed by atoms with van der Waals surface area (Å²) in [6.07, 6.45) is 1.36. The minimum absolute atomic E-state index is 0.116. The maximum absolute atomic E-state index is 11.9. The number of rotatable bonds is 2. The third-order valence-electron chi connectivity index (χ3n) is 2.20. The molecule has 84 valence electrons. The first-order valence-corrected chi connectivity index (χ1v) is 5.44. The van der Waals surface area contributed by atoms with Gasteiger partial charge in [0, 0.05) is 0 Å². The first-order chi connectivity index (χ1) is 7.63. The molecule has 0 fully saturated rings. The first kappa shape index (κ1) is 10.8. The molecule has 2 aromatic heterocycles. The Balaban J connectivity index is 2.53. The van der Waals surface area contributed by atoms with Crippen molar-refractivity contribution in [3.63, 3.8) is 0 Å².